The van der Waals surface area contributed by atoms with E-state index in [1.165, 1.54) is 17.7 Å². The van der Waals surface area contributed by atoms with Crippen molar-refractivity contribution in [1.82, 2.24) is 0 Å². The highest BCUT2D eigenvalue weighted by Gasteiger charge is 2.47. The molecule has 1 aromatic heterocycles. The van der Waals surface area contributed by atoms with E-state index < -0.39 is 5.41 Å². The van der Waals surface area contributed by atoms with E-state index in [9.17, 15) is 4.79 Å². The van der Waals surface area contributed by atoms with Crippen LogP contribution in [0.5, 0.6) is 0 Å². The molecule has 2 aliphatic rings. The summed E-state index contributed by atoms with van der Waals surface area (Å²) in [6.45, 7) is 4.54. The second-order valence-electron chi connectivity index (χ2n) is 7.29. The lowest BCUT2D eigenvalue weighted by Gasteiger charge is -2.44. The quantitative estimate of drug-likeness (QED) is 0.471. The second kappa shape index (κ2) is 7.83. The van der Waals surface area contributed by atoms with Crippen molar-refractivity contribution in [3.05, 3.63) is 35.0 Å². The zero-order valence-corrected chi connectivity index (χ0v) is 15.2. The molecule has 0 saturated heterocycles. The van der Waals surface area contributed by atoms with Gasteiger partial charge in [-0.2, -0.15) is 0 Å². The van der Waals surface area contributed by atoms with Gasteiger partial charge in [-0.3, -0.25) is 4.79 Å². The van der Waals surface area contributed by atoms with E-state index in [1.54, 1.807) is 11.3 Å². The van der Waals surface area contributed by atoms with Gasteiger partial charge in [0.2, 0.25) is 0 Å². The number of carbonyl (C=O) groups is 1. The van der Waals surface area contributed by atoms with Gasteiger partial charge in [0.15, 0.2) is 0 Å². The average molecular weight is 348 g/mol. The normalized spacial score (nSPS) is 29.3. The molecule has 0 radical (unpaired) electrons. The van der Waals surface area contributed by atoms with Crippen molar-refractivity contribution >= 4 is 17.3 Å². The maximum absolute atomic E-state index is 13.2. The van der Waals surface area contributed by atoms with Crippen LogP contribution in [0, 0.1) is 11.8 Å². The molecule has 2 fully saturated rings. The summed E-state index contributed by atoms with van der Waals surface area (Å²) in [6.07, 6.45) is 10.3. The maximum atomic E-state index is 13.2. The summed E-state index contributed by atoms with van der Waals surface area (Å²) in [5.74, 6) is 0.794. The Morgan fingerprint density at radius 2 is 2.12 bits per heavy atom. The molecule has 4 heteroatoms. The van der Waals surface area contributed by atoms with Crippen LogP contribution in [0.1, 0.15) is 56.2 Å². The first kappa shape index (κ1) is 17.7. The van der Waals surface area contributed by atoms with Gasteiger partial charge in [-0.1, -0.05) is 37.8 Å². The highest BCUT2D eigenvalue weighted by atomic mass is 32.1. The number of allylic oxidation sites excluding steroid dienone is 1. The molecule has 3 rings (SSSR count). The highest BCUT2D eigenvalue weighted by Crippen LogP contribution is 2.45. The van der Waals surface area contributed by atoms with E-state index in [2.05, 4.69) is 18.0 Å². The van der Waals surface area contributed by atoms with E-state index >= 15 is 0 Å². The Bertz CT molecular complexity index is 546. The van der Waals surface area contributed by atoms with Crippen LogP contribution in [0.2, 0.25) is 0 Å². The van der Waals surface area contributed by atoms with Crippen molar-refractivity contribution in [2.45, 2.75) is 62.9 Å². The van der Waals surface area contributed by atoms with E-state index in [-0.39, 0.29) is 12.1 Å². The Kier molecular flexibility index (Phi) is 5.77. The first-order valence-corrected chi connectivity index (χ1v) is 10.2. The molecule has 2 saturated carbocycles. The summed E-state index contributed by atoms with van der Waals surface area (Å²) in [7, 11) is 0. The smallest absolute Gasteiger partial charge is 0.317 e. The summed E-state index contributed by atoms with van der Waals surface area (Å²) in [5, 5.41) is 2.07. The number of ether oxygens (including phenoxy) is 1. The van der Waals surface area contributed by atoms with Crippen LogP contribution in [0.15, 0.2) is 30.2 Å². The molecular weight excluding hydrogens is 318 g/mol. The number of hydrogen-bond donors (Lipinski definition) is 1. The molecule has 1 aromatic rings. The fourth-order valence-electron chi connectivity index (χ4n) is 4.38. The molecule has 2 unspecified atom stereocenters. The summed E-state index contributed by atoms with van der Waals surface area (Å²) < 4.78 is 6.07. The lowest BCUT2D eigenvalue weighted by Crippen LogP contribution is -2.48. The number of nitrogens with two attached hydrogens (primary N) is 1. The number of carbonyl (C=O) groups excluding carboxylic acids is 1. The molecule has 2 N–H and O–H groups in total. The zero-order chi connectivity index (χ0) is 17.0. The minimum absolute atomic E-state index is 0.00128. The van der Waals surface area contributed by atoms with Gasteiger partial charge in [0.25, 0.3) is 0 Å². The third kappa shape index (κ3) is 3.31. The Balaban J connectivity index is 1.76. The van der Waals surface area contributed by atoms with E-state index in [0.29, 0.717) is 18.4 Å². The molecule has 2 aliphatic carbocycles. The minimum Gasteiger partial charge on any atom is -0.461 e. The molecule has 3 nitrogen and oxygen atoms in total. The number of rotatable bonds is 6. The van der Waals surface area contributed by atoms with Crippen molar-refractivity contribution in [3.63, 3.8) is 0 Å². The average Bonchev–Trinajstić information content (AvgIpc) is 3.01. The van der Waals surface area contributed by atoms with Gasteiger partial charge in [0, 0.05) is 10.8 Å². The van der Waals surface area contributed by atoms with E-state index in [1.807, 2.05) is 12.1 Å². The summed E-state index contributed by atoms with van der Waals surface area (Å²) in [4.78, 5) is 14.4. The first-order chi connectivity index (χ1) is 11.7. The van der Waals surface area contributed by atoms with Crippen LogP contribution in [-0.4, -0.2) is 18.6 Å². The third-order valence-electron chi connectivity index (χ3n) is 5.93. The van der Waals surface area contributed by atoms with Crippen LogP contribution >= 0.6 is 11.3 Å². The topological polar surface area (TPSA) is 52.3 Å². The second-order valence-corrected chi connectivity index (χ2v) is 8.24. The van der Waals surface area contributed by atoms with Gasteiger partial charge >= 0.3 is 5.97 Å². The van der Waals surface area contributed by atoms with Gasteiger partial charge in [-0.25, -0.2) is 0 Å². The predicted octanol–water partition coefficient (Wildman–Crippen LogP) is 4.42. The minimum atomic E-state index is -0.419. The van der Waals surface area contributed by atoms with Gasteiger partial charge < -0.3 is 10.5 Å². The molecule has 24 heavy (non-hydrogen) atoms. The van der Waals surface area contributed by atoms with E-state index in [0.717, 1.165) is 38.5 Å². The number of esters is 1. The van der Waals surface area contributed by atoms with Crippen LogP contribution in [0.3, 0.4) is 0 Å². The molecular formula is C20H29NO2S. The molecule has 132 valence electrons. The predicted molar refractivity (Wildman–Crippen MR) is 99.0 cm³/mol. The zero-order valence-electron chi connectivity index (χ0n) is 14.4. The molecule has 0 aromatic carbocycles. The van der Waals surface area contributed by atoms with Gasteiger partial charge in [-0.05, 0) is 49.6 Å². The van der Waals surface area contributed by atoms with Crippen molar-refractivity contribution in [2.24, 2.45) is 17.6 Å². The molecule has 3 atom stereocenters. The molecule has 0 bridgehead atoms. The van der Waals surface area contributed by atoms with Crippen LogP contribution in [0.25, 0.3) is 0 Å². The first-order valence-electron chi connectivity index (χ1n) is 9.29. The maximum Gasteiger partial charge on any atom is 0.317 e. The van der Waals surface area contributed by atoms with Crippen LogP contribution in [-0.2, 0) is 14.9 Å². The SMILES string of the molecule is C=CC1C[C@H](OC(=O)C2(c3cccs3)CCCCCC2)C1CCN. The molecule has 0 amide bonds. The largest absolute Gasteiger partial charge is 0.461 e. The molecule has 0 spiro atoms. The summed E-state index contributed by atoms with van der Waals surface area (Å²) >= 11 is 1.70. The Morgan fingerprint density at radius 3 is 2.71 bits per heavy atom. The lowest BCUT2D eigenvalue weighted by atomic mass is 9.69. The van der Waals surface area contributed by atoms with Crippen LogP contribution in [0.4, 0.5) is 0 Å². The fourth-order valence-corrected chi connectivity index (χ4v) is 5.35. The Hall–Kier alpha value is -1.13. The van der Waals surface area contributed by atoms with Crippen LogP contribution < -0.4 is 5.73 Å². The summed E-state index contributed by atoms with van der Waals surface area (Å²) in [5.41, 5.74) is 5.32. The Labute approximate surface area is 149 Å². The van der Waals surface area contributed by atoms with E-state index in [4.69, 9.17) is 10.5 Å². The fraction of sp³-hybridized carbons (Fsp3) is 0.650. The summed E-state index contributed by atoms with van der Waals surface area (Å²) in [6, 6.07) is 4.16. The highest BCUT2D eigenvalue weighted by molar-refractivity contribution is 7.10. The van der Waals surface area contributed by atoms with Crippen molar-refractivity contribution in [3.8, 4) is 0 Å². The standard InChI is InChI=1S/C20H29NO2S/c1-2-15-14-17(16(15)9-12-21)23-19(22)20(18-8-7-13-24-18)10-5-3-4-6-11-20/h2,7-8,13,15-17H,1,3-6,9-12,14,21H2/t15?,16?,17-/m0/s1. The lowest BCUT2D eigenvalue weighted by molar-refractivity contribution is -0.169. The molecule has 0 aliphatic heterocycles. The molecule has 1 heterocycles. The van der Waals surface area contributed by atoms with Gasteiger partial charge in [0.1, 0.15) is 11.5 Å². The number of thiophene rings is 1. The monoisotopic (exact) mass is 347 g/mol. The Morgan fingerprint density at radius 1 is 1.38 bits per heavy atom. The van der Waals surface area contributed by atoms with Crippen molar-refractivity contribution in [1.29, 1.82) is 0 Å². The van der Waals surface area contributed by atoms with Gasteiger partial charge in [-0.15, -0.1) is 17.9 Å². The van der Waals surface area contributed by atoms with Gasteiger partial charge in [0.05, 0.1) is 0 Å². The van der Waals surface area contributed by atoms with Crippen molar-refractivity contribution < 1.29 is 9.53 Å². The number of hydrogen-bond acceptors (Lipinski definition) is 4. The van der Waals surface area contributed by atoms with Crippen molar-refractivity contribution in [2.75, 3.05) is 6.54 Å². The third-order valence-corrected chi connectivity index (χ3v) is 7.01.